The molecule has 0 fully saturated rings. The van der Waals surface area contributed by atoms with E-state index in [-0.39, 0.29) is 5.91 Å². The Morgan fingerprint density at radius 1 is 1.15 bits per heavy atom. The van der Waals surface area contributed by atoms with Crippen molar-refractivity contribution in [2.45, 2.75) is 13.0 Å². The summed E-state index contributed by atoms with van der Waals surface area (Å²) in [5.41, 5.74) is 1.38. The number of rotatable bonds is 8. The highest BCUT2D eigenvalue weighted by Crippen LogP contribution is 2.21. The molecule has 0 unspecified atom stereocenters. The minimum Gasteiger partial charge on any atom is -0.472 e. The Kier molecular flexibility index (Phi) is 6.03. The van der Waals surface area contributed by atoms with Crippen molar-refractivity contribution in [3.8, 4) is 0 Å². The number of fused-ring (bicyclic) bond motifs is 1. The van der Waals surface area contributed by atoms with Crippen LogP contribution in [0.5, 0.6) is 0 Å². The number of hydrogen-bond donors (Lipinski definition) is 1. The van der Waals surface area contributed by atoms with Crippen LogP contribution in [-0.4, -0.2) is 59.9 Å². The smallest absolute Gasteiger partial charge is 0.257 e. The third kappa shape index (κ3) is 4.83. The molecular formula is C20H25N5O2. The molecule has 1 amide bonds. The Morgan fingerprint density at radius 3 is 2.70 bits per heavy atom. The lowest BCUT2D eigenvalue weighted by atomic mass is 10.2. The van der Waals surface area contributed by atoms with Crippen LogP contribution < -0.4 is 5.32 Å². The van der Waals surface area contributed by atoms with Crippen LogP contribution in [-0.2, 0) is 6.54 Å². The highest BCUT2D eigenvalue weighted by Gasteiger charge is 2.15. The zero-order chi connectivity index (χ0) is 19.2. The van der Waals surface area contributed by atoms with Gasteiger partial charge in [0.05, 0.1) is 23.9 Å². The standard InChI is InChI=1S/C20H25N5O2/c1-24(2)11-6-10-21-19-16-7-4-5-8-17(16)22-18(23-19)13-25(3)20(26)15-9-12-27-14-15/h4-5,7-9,12,14H,6,10-11,13H2,1-3H3,(H,21,22,23). The molecule has 0 radical (unpaired) electrons. The highest BCUT2D eigenvalue weighted by molar-refractivity contribution is 5.93. The summed E-state index contributed by atoms with van der Waals surface area (Å²) in [4.78, 5) is 25.5. The average Bonchev–Trinajstić information content (AvgIpc) is 3.19. The van der Waals surface area contributed by atoms with E-state index in [0.717, 1.165) is 36.2 Å². The number of nitrogens with zero attached hydrogens (tertiary/aromatic N) is 4. The Morgan fingerprint density at radius 2 is 1.96 bits per heavy atom. The van der Waals surface area contributed by atoms with Crippen molar-refractivity contribution in [2.75, 3.05) is 39.5 Å². The molecule has 142 valence electrons. The lowest BCUT2D eigenvalue weighted by Crippen LogP contribution is -2.27. The van der Waals surface area contributed by atoms with Crippen LogP contribution in [0.25, 0.3) is 10.9 Å². The highest BCUT2D eigenvalue weighted by atomic mass is 16.3. The van der Waals surface area contributed by atoms with Gasteiger partial charge in [-0.3, -0.25) is 4.79 Å². The van der Waals surface area contributed by atoms with Crippen molar-refractivity contribution in [1.29, 1.82) is 0 Å². The molecule has 7 heteroatoms. The molecule has 1 N–H and O–H groups in total. The third-order valence-corrected chi connectivity index (χ3v) is 4.22. The van der Waals surface area contributed by atoms with Gasteiger partial charge in [-0.05, 0) is 45.3 Å². The van der Waals surface area contributed by atoms with Crippen LogP contribution in [0.1, 0.15) is 22.6 Å². The second-order valence-electron chi connectivity index (χ2n) is 6.76. The van der Waals surface area contributed by atoms with E-state index in [1.54, 1.807) is 18.0 Å². The van der Waals surface area contributed by atoms with Gasteiger partial charge < -0.3 is 19.5 Å². The van der Waals surface area contributed by atoms with Gasteiger partial charge in [-0.25, -0.2) is 9.97 Å². The monoisotopic (exact) mass is 367 g/mol. The SMILES string of the molecule is CN(C)CCCNc1nc(CN(C)C(=O)c2ccoc2)nc2ccccc12. The fraction of sp³-hybridized carbons (Fsp3) is 0.350. The fourth-order valence-electron chi connectivity index (χ4n) is 2.82. The van der Waals surface area contributed by atoms with Gasteiger partial charge in [0, 0.05) is 19.0 Å². The molecule has 0 spiro atoms. The molecule has 0 aliphatic heterocycles. The van der Waals surface area contributed by atoms with Crippen molar-refractivity contribution in [1.82, 2.24) is 19.8 Å². The van der Waals surface area contributed by atoms with Crippen molar-refractivity contribution < 1.29 is 9.21 Å². The molecular weight excluding hydrogens is 342 g/mol. The van der Waals surface area contributed by atoms with E-state index >= 15 is 0 Å². The number of hydrogen-bond acceptors (Lipinski definition) is 6. The molecule has 27 heavy (non-hydrogen) atoms. The van der Waals surface area contributed by atoms with Gasteiger partial charge in [-0.1, -0.05) is 12.1 Å². The second-order valence-corrected chi connectivity index (χ2v) is 6.76. The molecule has 0 saturated carbocycles. The topological polar surface area (TPSA) is 74.5 Å². The summed E-state index contributed by atoms with van der Waals surface area (Å²) in [5.74, 6) is 1.28. The van der Waals surface area contributed by atoms with Crippen molar-refractivity contribution in [2.24, 2.45) is 0 Å². The number of carbonyl (C=O) groups excluding carboxylic acids is 1. The Bertz CT molecular complexity index is 893. The molecule has 0 saturated heterocycles. The number of nitrogens with one attached hydrogen (secondary N) is 1. The van der Waals surface area contributed by atoms with Crippen LogP contribution in [0.15, 0.2) is 47.3 Å². The first-order valence-corrected chi connectivity index (χ1v) is 8.96. The summed E-state index contributed by atoms with van der Waals surface area (Å²) in [6.07, 6.45) is 3.95. The van der Waals surface area contributed by atoms with Crippen LogP contribution in [0, 0.1) is 0 Å². The second kappa shape index (κ2) is 8.64. The molecule has 2 aromatic heterocycles. The van der Waals surface area contributed by atoms with E-state index in [1.807, 2.05) is 24.3 Å². The summed E-state index contributed by atoms with van der Waals surface area (Å²) in [6, 6.07) is 9.55. The van der Waals surface area contributed by atoms with Gasteiger partial charge in [0.1, 0.15) is 12.1 Å². The van der Waals surface area contributed by atoms with Crippen molar-refractivity contribution >= 4 is 22.6 Å². The van der Waals surface area contributed by atoms with E-state index < -0.39 is 0 Å². The molecule has 3 rings (SSSR count). The number of amides is 1. The van der Waals surface area contributed by atoms with Gasteiger partial charge in [0.2, 0.25) is 0 Å². The number of para-hydroxylation sites is 1. The van der Waals surface area contributed by atoms with Gasteiger partial charge in [0.15, 0.2) is 5.82 Å². The number of anilines is 1. The summed E-state index contributed by atoms with van der Waals surface area (Å²) in [6.45, 7) is 2.15. The molecule has 0 atom stereocenters. The van der Waals surface area contributed by atoms with Crippen molar-refractivity contribution in [3.63, 3.8) is 0 Å². The molecule has 2 heterocycles. The quantitative estimate of drug-likeness (QED) is 0.617. The minimum absolute atomic E-state index is 0.124. The average molecular weight is 367 g/mol. The van der Waals surface area contributed by atoms with Crippen LogP contribution in [0.4, 0.5) is 5.82 Å². The summed E-state index contributed by atoms with van der Waals surface area (Å²) < 4.78 is 4.99. The Hall–Kier alpha value is -2.93. The predicted molar refractivity (Wildman–Crippen MR) is 106 cm³/mol. The number of aromatic nitrogens is 2. The lowest BCUT2D eigenvalue weighted by Gasteiger charge is -2.17. The van der Waals surface area contributed by atoms with E-state index in [2.05, 4.69) is 34.3 Å². The van der Waals surface area contributed by atoms with Gasteiger partial charge >= 0.3 is 0 Å². The Labute approximate surface area is 159 Å². The minimum atomic E-state index is -0.124. The van der Waals surface area contributed by atoms with E-state index in [4.69, 9.17) is 4.42 Å². The van der Waals surface area contributed by atoms with Crippen LogP contribution in [0.2, 0.25) is 0 Å². The van der Waals surface area contributed by atoms with Crippen LogP contribution >= 0.6 is 0 Å². The number of carbonyl (C=O) groups is 1. The summed E-state index contributed by atoms with van der Waals surface area (Å²) in [5, 5.41) is 4.40. The number of benzene rings is 1. The maximum Gasteiger partial charge on any atom is 0.257 e. The normalized spacial score (nSPS) is 11.1. The first-order valence-electron chi connectivity index (χ1n) is 8.96. The molecule has 0 aliphatic rings. The van der Waals surface area contributed by atoms with Gasteiger partial charge in [0.25, 0.3) is 5.91 Å². The largest absolute Gasteiger partial charge is 0.472 e. The molecule has 7 nitrogen and oxygen atoms in total. The zero-order valence-electron chi connectivity index (χ0n) is 16.0. The fourth-order valence-corrected chi connectivity index (χ4v) is 2.82. The van der Waals surface area contributed by atoms with E-state index in [9.17, 15) is 4.79 Å². The number of furan rings is 1. The zero-order valence-corrected chi connectivity index (χ0v) is 16.0. The van der Waals surface area contributed by atoms with Gasteiger partial charge in [-0.2, -0.15) is 0 Å². The van der Waals surface area contributed by atoms with Crippen molar-refractivity contribution in [3.05, 3.63) is 54.2 Å². The molecule has 3 aromatic rings. The first-order chi connectivity index (χ1) is 13.0. The predicted octanol–water partition coefficient (Wildman–Crippen LogP) is 2.86. The molecule has 1 aromatic carbocycles. The maximum atomic E-state index is 12.4. The van der Waals surface area contributed by atoms with E-state index in [1.165, 1.54) is 12.5 Å². The summed E-state index contributed by atoms with van der Waals surface area (Å²) in [7, 11) is 5.86. The summed E-state index contributed by atoms with van der Waals surface area (Å²) >= 11 is 0. The maximum absolute atomic E-state index is 12.4. The first kappa shape index (κ1) is 18.8. The molecule has 0 aliphatic carbocycles. The lowest BCUT2D eigenvalue weighted by molar-refractivity contribution is 0.0781. The molecule has 0 bridgehead atoms. The van der Waals surface area contributed by atoms with Gasteiger partial charge in [-0.15, -0.1) is 0 Å². The third-order valence-electron chi connectivity index (χ3n) is 4.22. The van der Waals surface area contributed by atoms with E-state index in [0.29, 0.717) is 17.9 Å². The Balaban J connectivity index is 1.78. The van der Waals surface area contributed by atoms with Crippen LogP contribution in [0.3, 0.4) is 0 Å².